The van der Waals surface area contributed by atoms with Crippen LogP contribution in [0.2, 0.25) is 0 Å². The van der Waals surface area contributed by atoms with Gasteiger partial charge in [-0.1, -0.05) is 42.1 Å². The Morgan fingerprint density at radius 3 is 2.19 bits per heavy atom. The number of benzene rings is 1. The van der Waals surface area contributed by atoms with Crippen molar-refractivity contribution in [2.75, 3.05) is 0 Å². The molecule has 1 atom stereocenters. The number of alkyl halides is 3. The minimum absolute atomic E-state index is 0.210. The van der Waals surface area contributed by atoms with Gasteiger partial charge in [0.05, 0.1) is 0 Å². The summed E-state index contributed by atoms with van der Waals surface area (Å²) in [4.78, 5) is 35.6. The highest BCUT2D eigenvalue weighted by Gasteiger charge is 2.36. The highest BCUT2D eigenvalue weighted by atomic mass is 32.2. The van der Waals surface area contributed by atoms with Crippen LogP contribution in [-0.4, -0.2) is 33.6 Å². The summed E-state index contributed by atoms with van der Waals surface area (Å²) in [5, 5.41) is -1.69. The molecule has 0 saturated carbocycles. The van der Waals surface area contributed by atoms with Crippen molar-refractivity contribution in [2.45, 2.75) is 50.2 Å². The zero-order valence-corrected chi connectivity index (χ0v) is 16.5. The normalized spacial score (nSPS) is 13.0. The molecule has 0 N–H and O–H groups in total. The molecule has 5 nitrogen and oxygen atoms in total. The molecule has 0 radical (unpaired) electrons. The van der Waals surface area contributed by atoms with E-state index in [-0.39, 0.29) is 17.5 Å². The van der Waals surface area contributed by atoms with Crippen molar-refractivity contribution < 1.29 is 37.0 Å². The van der Waals surface area contributed by atoms with Crippen LogP contribution in [0, 0.1) is 0 Å². The van der Waals surface area contributed by atoms with Gasteiger partial charge < -0.3 is 9.47 Å². The molecule has 1 rings (SSSR count). The van der Waals surface area contributed by atoms with Crippen LogP contribution >= 0.6 is 23.5 Å². The summed E-state index contributed by atoms with van der Waals surface area (Å²) >= 11 is 0.959. The number of halogens is 3. The van der Waals surface area contributed by atoms with Crippen molar-refractivity contribution in [3.8, 4) is 0 Å². The topological polar surface area (TPSA) is 69.7 Å². The van der Waals surface area contributed by atoms with Gasteiger partial charge in [-0.05, 0) is 26.3 Å². The van der Waals surface area contributed by atoms with E-state index in [0.717, 1.165) is 17.3 Å². The first kappa shape index (κ1) is 23.4. The second kappa shape index (κ2) is 10.0. The summed E-state index contributed by atoms with van der Waals surface area (Å²) < 4.78 is 46.6. The Bertz CT molecular complexity index is 627. The highest BCUT2D eigenvalue weighted by molar-refractivity contribution is 8.19. The molecule has 0 aliphatic rings. The van der Waals surface area contributed by atoms with E-state index >= 15 is 0 Å². The Labute approximate surface area is 163 Å². The Hall–Kier alpha value is -1.68. The lowest BCUT2D eigenvalue weighted by Crippen LogP contribution is -2.29. The third kappa shape index (κ3) is 10.9. The van der Waals surface area contributed by atoms with Gasteiger partial charge in [0.1, 0.15) is 12.0 Å². The van der Waals surface area contributed by atoms with Gasteiger partial charge in [-0.2, -0.15) is 13.2 Å². The first-order chi connectivity index (χ1) is 12.4. The van der Waals surface area contributed by atoms with Gasteiger partial charge in [-0.25, -0.2) is 4.79 Å². The predicted octanol–water partition coefficient (Wildman–Crippen LogP) is 4.94. The molecular weight excluding hydrogens is 405 g/mol. The summed E-state index contributed by atoms with van der Waals surface area (Å²) in [5.74, 6) is -1.43. The number of hydrogen-bond acceptors (Lipinski definition) is 7. The van der Waals surface area contributed by atoms with Crippen molar-refractivity contribution in [1.29, 1.82) is 0 Å². The number of carbonyl (C=O) groups is 3. The van der Waals surface area contributed by atoms with Crippen molar-refractivity contribution in [1.82, 2.24) is 0 Å². The fraction of sp³-hybridized carbons (Fsp3) is 0.471. The monoisotopic (exact) mass is 424 g/mol. The third-order valence-corrected chi connectivity index (χ3v) is 4.52. The zero-order chi connectivity index (χ0) is 20.7. The van der Waals surface area contributed by atoms with E-state index in [1.165, 1.54) is 0 Å². The molecule has 0 aromatic heterocycles. The largest absolute Gasteiger partial charge is 0.452 e. The zero-order valence-electron chi connectivity index (χ0n) is 14.9. The van der Waals surface area contributed by atoms with Crippen molar-refractivity contribution >= 4 is 39.9 Å². The molecule has 0 spiro atoms. The van der Waals surface area contributed by atoms with Crippen LogP contribution in [0.1, 0.15) is 32.8 Å². The second-order valence-electron chi connectivity index (χ2n) is 6.29. The molecule has 0 aliphatic carbocycles. The lowest BCUT2D eigenvalue weighted by atomic mass is 10.2. The van der Waals surface area contributed by atoms with E-state index in [4.69, 9.17) is 4.74 Å². The molecule has 10 heteroatoms. The molecular formula is C17H19F3O5S2. The lowest BCUT2D eigenvalue weighted by Gasteiger charge is -2.21. The average molecular weight is 424 g/mol. The maximum Gasteiger partial charge on any atom is 0.399 e. The molecule has 0 heterocycles. The Kier molecular flexibility index (Phi) is 8.67. The van der Waals surface area contributed by atoms with Gasteiger partial charge in [0.2, 0.25) is 10.6 Å². The molecule has 0 fully saturated rings. The van der Waals surface area contributed by atoms with Crippen molar-refractivity contribution in [3.63, 3.8) is 0 Å². The number of hydrogen-bond donors (Lipinski definition) is 0. The van der Waals surface area contributed by atoms with Gasteiger partial charge in [0.15, 0.2) is 0 Å². The standard InChI is InChI=1S/C17H19F3O5S2/c1-16(2,3)25-15(23)27-14(24-12(21)9-17(18,19)20)13(22)26-10-11-7-5-4-6-8-11/h4-8,14H,9-10H2,1-3H3. The summed E-state index contributed by atoms with van der Waals surface area (Å²) in [6, 6.07) is 8.82. The number of ether oxygens (including phenoxy) is 2. The van der Waals surface area contributed by atoms with Crippen LogP contribution in [0.25, 0.3) is 0 Å². The lowest BCUT2D eigenvalue weighted by molar-refractivity contribution is -0.173. The van der Waals surface area contributed by atoms with Crippen molar-refractivity contribution in [3.05, 3.63) is 35.9 Å². The van der Waals surface area contributed by atoms with Gasteiger partial charge in [0, 0.05) is 17.5 Å². The van der Waals surface area contributed by atoms with Crippen LogP contribution in [-0.2, 0) is 24.8 Å². The number of carbonyl (C=O) groups excluding carboxylic acids is 3. The number of rotatable bonds is 6. The highest BCUT2D eigenvalue weighted by Crippen LogP contribution is 2.28. The van der Waals surface area contributed by atoms with Gasteiger partial charge in [-0.3, -0.25) is 9.59 Å². The van der Waals surface area contributed by atoms with Crippen LogP contribution in [0.3, 0.4) is 0 Å². The fourth-order valence-electron chi connectivity index (χ4n) is 1.60. The van der Waals surface area contributed by atoms with E-state index in [2.05, 4.69) is 4.74 Å². The molecule has 0 bridgehead atoms. The van der Waals surface area contributed by atoms with E-state index in [1.54, 1.807) is 51.1 Å². The van der Waals surface area contributed by atoms with Crippen LogP contribution in [0.5, 0.6) is 0 Å². The predicted molar refractivity (Wildman–Crippen MR) is 97.1 cm³/mol. The minimum atomic E-state index is -4.78. The quantitative estimate of drug-likeness (QED) is 0.473. The number of thioether (sulfide) groups is 2. The molecule has 27 heavy (non-hydrogen) atoms. The van der Waals surface area contributed by atoms with Gasteiger partial charge >= 0.3 is 17.4 Å². The molecule has 1 aromatic rings. The SMILES string of the molecule is CC(C)(C)OC(=O)SC(OC(=O)CC(F)(F)F)C(=O)SCc1ccccc1. The van der Waals surface area contributed by atoms with Gasteiger partial charge in [0.25, 0.3) is 0 Å². The molecule has 1 aromatic carbocycles. The summed E-state index contributed by atoms with van der Waals surface area (Å²) in [6.07, 6.45) is -6.63. The smallest absolute Gasteiger partial charge is 0.399 e. The van der Waals surface area contributed by atoms with E-state index in [1.807, 2.05) is 0 Å². The van der Waals surface area contributed by atoms with E-state index in [9.17, 15) is 27.6 Å². The fourth-order valence-corrected chi connectivity index (χ4v) is 3.36. The van der Waals surface area contributed by atoms with Gasteiger partial charge in [-0.15, -0.1) is 0 Å². The number of esters is 1. The molecule has 0 amide bonds. The first-order valence-corrected chi connectivity index (χ1v) is 9.59. The van der Waals surface area contributed by atoms with E-state index in [0.29, 0.717) is 0 Å². The van der Waals surface area contributed by atoms with Crippen molar-refractivity contribution in [2.24, 2.45) is 0 Å². The molecule has 0 saturated heterocycles. The molecule has 0 aliphatic heterocycles. The summed E-state index contributed by atoms with van der Waals surface area (Å²) in [5.41, 5.74) is -1.81. The maximum absolute atomic E-state index is 12.3. The molecule has 1 unspecified atom stereocenters. The average Bonchev–Trinajstić information content (AvgIpc) is 2.49. The second-order valence-corrected chi connectivity index (χ2v) is 8.27. The third-order valence-electron chi connectivity index (χ3n) is 2.59. The van der Waals surface area contributed by atoms with Crippen LogP contribution in [0.4, 0.5) is 18.0 Å². The first-order valence-electron chi connectivity index (χ1n) is 7.72. The van der Waals surface area contributed by atoms with Crippen LogP contribution in [0.15, 0.2) is 30.3 Å². The Balaban J connectivity index is 2.77. The maximum atomic E-state index is 12.3. The minimum Gasteiger partial charge on any atom is -0.452 e. The van der Waals surface area contributed by atoms with Crippen LogP contribution < -0.4 is 0 Å². The molecule has 150 valence electrons. The Morgan fingerprint density at radius 2 is 1.67 bits per heavy atom. The van der Waals surface area contributed by atoms with E-state index < -0.39 is 40.0 Å². The summed E-state index contributed by atoms with van der Waals surface area (Å²) in [6.45, 7) is 4.76. The Morgan fingerprint density at radius 1 is 1.07 bits per heavy atom. The summed E-state index contributed by atoms with van der Waals surface area (Å²) in [7, 11) is 0.